The van der Waals surface area contributed by atoms with Crippen molar-refractivity contribution in [3.05, 3.63) is 71.3 Å². The van der Waals surface area contributed by atoms with Crippen LogP contribution in [0.2, 0.25) is 0 Å². The summed E-state index contributed by atoms with van der Waals surface area (Å²) in [5.41, 5.74) is 2.06. The number of phenolic OH excluding ortho intramolecular Hbond substituents is 2. The molecule has 4 amide bonds. The van der Waals surface area contributed by atoms with Crippen molar-refractivity contribution in [3.63, 3.8) is 0 Å². The lowest BCUT2D eigenvalue weighted by atomic mass is 9.56. The van der Waals surface area contributed by atoms with Crippen molar-refractivity contribution in [2.75, 3.05) is 13.6 Å². The van der Waals surface area contributed by atoms with E-state index in [0.29, 0.717) is 17.6 Å². The number of carbonyl (C=O) groups is 4. The fraction of sp³-hybridized carbons (Fsp3) is 0.379. The molecule has 6 unspecified atom stereocenters. The molecule has 2 aliphatic heterocycles. The Balaban J connectivity index is 1.40. The van der Waals surface area contributed by atoms with Crippen LogP contribution in [0.25, 0.3) is 0 Å². The zero-order chi connectivity index (χ0) is 27.9. The van der Waals surface area contributed by atoms with E-state index in [9.17, 15) is 29.4 Å². The van der Waals surface area contributed by atoms with E-state index in [1.807, 2.05) is 6.08 Å². The molecule has 2 heterocycles. The Kier molecular flexibility index (Phi) is 5.86. The lowest BCUT2D eigenvalue weighted by molar-refractivity contribution is -0.141. The number of amides is 4. The first-order valence-corrected chi connectivity index (χ1v) is 13.6. The number of allylic oxidation sites excluding steroid dienone is 2. The smallest absolute Gasteiger partial charge is 0.253 e. The van der Waals surface area contributed by atoms with Gasteiger partial charge in [-0.2, -0.15) is 0 Å². The van der Waals surface area contributed by atoms with Gasteiger partial charge in [-0.05, 0) is 60.6 Å². The normalized spacial score (nSPS) is 33.7. The monoisotopic (exact) mass is 568 g/mol. The molecule has 0 aromatic heterocycles. The summed E-state index contributed by atoms with van der Waals surface area (Å²) >= 11 is 14.2. The Hall–Kier alpha value is -3.36. The number of phenols is 2. The van der Waals surface area contributed by atoms with Crippen molar-refractivity contribution in [2.45, 2.75) is 34.9 Å². The highest BCUT2D eigenvalue weighted by molar-refractivity contribution is 6.53. The maximum Gasteiger partial charge on any atom is 0.253 e. The molecule has 202 valence electrons. The zero-order valence-corrected chi connectivity index (χ0v) is 22.5. The van der Waals surface area contributed by atoms with Crippen molar-refractivity contribution >= 4 is 46.8 Å². The summed E-state index contributed by atoms with van der Waals surface area (Å²) in [5.74, 6) is -4.64. The van der Waals surface area contributed by atoms with Gasteiger partial charge in [-0.15, -0.1) is 23.2 Å². The maximum atomic E-state index is 13.8. The highest BCUT2D eigenvalue weighted by atomic mass is 35.5. The number of hydrogen-bond donors (Lipinski definition) is 2. The summed E-state index contributed by atoms with van der Waals surface area (Å²) in [6.07, 6.45) is 2.51. The molecule has 6 atom stereocenters. The number of rotatable bonds is 4. The third-order valence-corrected chi connectivity index (χ3v) is 10.3. The van der Waals surface area contributed by atoms with Crippen LogP contribution in [0.3, 0.4) is 0 Å². The van der Waals surface area contributed by atoms with E-state index in [1.165, 1.54) is 24.1 Å². The molecule has 2 aromatic carbocycles. The third kappa shape index (κ3) is 3.50. The second-order valence-electron chi connectivity index (χ2n) is 10.8. The molecular weight excluding hydrogens is 543 g/mol. The summed E-state index contributed by atoms with van der Waals surface area (Å²) in [7, 11) is 1.34. The Morgan fingerprint density at radius 2 is 1.64 bits per heavy atom. The van der Waals surface area contributed by atoms with E-state index in [-0.39, 0.29) is 42.7 Å². The summed E-state index contributed by atoms with van der Waals surface area (Å²) in [6.45, 7) is 0.180. The highest BCUT2D eigenvalue weighted by Gasteiger charge is 2.75. The van der Waals surface area contributed by atoms with Crippen LogP contribution in [0, 0.1) is 17.8 Å². The molecule has 3 fully saturated rings. The summed E-state index contributed by atoms with van der Waals surface area (Å²) in [5, 5.41) is 19.8. The molecule has 39 heavy (non-hydrogen) atoms. The first-order chi connectivity index (χ1) is 18.5. The van der Waals surface area contributed by atoms with Crippen LogP contribution >= 0.6 is 23.2 Å². The van der Waals surface area contributed by atoms with Gasteiger partial charge in [-0.25, -0.2) is 0 Å². The molecular formula is C29H26Cl2N2O6. The predicted molar refractivity (Wildman–Crippen MR) is 142 cm³/mol. The highest BCUT2D eigenvalue weighted by Crippen LogP contribution is 2.65. The van der Waals surface area contributed by atoms with Crippen molar-refractivity contribution in [3.8, 4) is 11.5 Å². The minimum absolute atomic E-state index is 0.0398. The Labute approximate surface area is 234 Å². The second-order valence-corrected chi connectivity index (χ2v) is 12.1. The number of benzene rings is 2. The van der Waals surface area contributed by atoms with Gasteiger partial charge in [0, 0.05) is 19.5 Å². The number of nitrogens with zero attached hydrogens (tertiary/aromatic N) is 2. The van der Waals surface area contributed by atoms with Crippen LogP contribution in [0.5, 0.6) is 11.5 Å². The SMILES string of the molecule is CN1C(=O)C2(Cl)CC3C(=CCC4C(=O)N(CCc5ccc(O)cc5)C(=O)C43)C(c3cccc(O)c3)C2(Cl)C1=O. The van der Waals surface area contributed by atoms with Crippen molar-refractivity contribution in [2.24, 2.45) is 17.8 Å². The number of aromatic hydroxyl groups is 2. The van der Waals surface area contributed by atoms with Crippen LogP contribution < -0.4 is 0 Å². The number of likely N-dealkylation sites (tertiary alicyclic amines) is 2. The minimum Gasteiger partial charge on any atom is -0.508 e. The van der Waals surface area contributed by atoms with E-state index in [1.54, 1.807) is 36.4 Å². The maximum absolute atomic E-state index is 13.8. The third-order valence-electron chi connectivity index (χ3n) is 8.87. The number of imide groups is 2. The average molecular weight is 569 g/mol. The van der Waals surface area contributed by atoms with Gasteiger partial charge in [0.1, 0.15) is 11.5 Å². The first-order valence-electron chi connectivity index (χ1n) is 12.8. The molecule has 2 aliphatic carbocycles. The first kappa shape index (κ1) is 25.9. The molecule has 10 heteroatoms. The van der Waals surface area contributed by atoms with E-state index in [0.717, 1.165) is 10.5 Å². The van der Waals surface area contributed by atoms with Crippen LogP contribution in [-0.2, 0) is 25.6 Å². The molecule has 6 rings (SSSR count). The summed E-state index contributed by atoms with van der Waals surface area (Å²) < 4.78 is 0. The van der Waals surface area contributed by atoms with Gasteiger partial charge in [0.05, 0.1) is 11.8 Å². The van der Waals surface area contributed by atoms with E-state index in [4.69, 9.17) is 23.2 Å². The van der Waals surface area contributed by atoms with Crippen LogP contribution in [0.15, 0.2) is 60.2 Å². The van der Waals surface area contributed by atoms with Gasteiger partial charge in [-0.3, -0.25) is 29.0 Å². The van der Waals surface area contributed by atoms with Gasteiger partial charge in [0.25, 0.3) is 11.8 Å². The summed E-state index contributed by atoms with van der Waals surface area (Å²) in [6, 6.07) is 12.9. The van der Waals surface area contributed by atoms with Crippen molar-refractivity contribution in [1.82, 2.24) is 9.80 Å². The largest absolute Gasteiger partial charge is 0.508 e. The Bertz CT molecular complexity index is 1460. The fourth-order valence-electron chi connectivity index (χ4n) is 7.01. The standard InChI is InChI=1S/C29H26Cl2N2O6/c1-32-26(38)28(30)14-21-19(23(29(28,31)27(32)39)16-3-2-4-18(35)13-16)9-10-20-22(21)25(37)33(24(20)36)12-11-15-5-7-17(34)8-6-15/h2-9,13,20-23,34-35H,10-12,14H2,1H3. The van der Waals surface area contributed by atoms with E-state index >= 15 is 0 Å². The molecule has 2 saturated heterocycles. The quantitative estimate of drug-likeness (QED) is 0.332. The Morgan fingerprint density at radius 3 is 2.33 bits per heavy atom. The Morgan fingerprint density at radius 1 is 0.923 bits per heavy atom. The fourth-order valence-corrected chi connectivity index (χ4v) is 8.03. The molecule has 8 nitrogen and oxygen atoms in total. The van der Waals surface area contributed by atoms with Gasteiger partial charge in [0.15, 0.2) is 9.75 Å². The van der Waals surface area contributed by atoms with Gasteiger partial charge < -0.3 is 10.2 Å². The predicted octanol–water partition coefficient (Wildman–Crippen LogP) is 3.33. The van der Waals surface area contributed by atoms with Gasteiger partial charge >= 0.3 is 0 Å². The van der Waals surface area contributed by atoms with Crippen LogP contribution in [0.1, 0.15) is 29.9 Å². The average Bonchev–Trinajstić information content (AvgIpc) is 3.23. The molecule has 1 saturated carbocycles. The molecule has 4 aliphatic rings. The van der Waals surface area contributed by atoms with Gasteiger partial charge in [-0.1, -0.05) is 35.9 Å². The molecule has 2 aromatic rings. The number of carbonyl (C=O) groups excluding carboxylic acids is 4. The zero-order valence-electron chi connectivity index (χ0n) is 21.0. The second kappa shape index (κ2) is 8.83. The lowest BCUT2D eigenvalue weighted by Gasteiger charge is -2.50. The van der Waals surface area contributed by atoms with Crippen LogP contribution in [-0.4, -0.2) is 67.0 Å². The summed E-state index contributed by atoms with van der Waals surface area (Å²) in [4.78, 5) is 52.7. The minimum atomic E-state index is -1.87. The number of fused-ring (bicyclic) bond motifs is 4. The van der Waals surface area contributed by atoms with Gasteiger partial charge in [0.2, 0.25) is 11.8 Å². The number of alkyl halides is 2. The number of hydrogen-bond acceptors (Lipinski definition) is 6. The molecule has 2 N–H and O–H groups in total. The van der Waals surface area contributed by atoms with E-state index in [2.05, 4.69) is 0 Å². The van der Waals surface area contributed by atoms with Crippen LogP contribution in [0.4, 0.5) is 0 Å². The molecule has 0 radical (unpaired) electrons. The molecule has 0 bridgehead atoms. The van der Waals surface area contributed by atoms with E-state index < -0.39 is 45.2 Å². The van der Waals surface area contributed by atoms with Crippen molar-refractivity contribution < 1.29 is 29.4 Å². The van der Waals surface area contributed by atoms with Crippen molar-refractivity contribution in [1.29, 1.82) is 0 Å². The number of halogens is 2. The topological polar surface area (TPSA) is 115 Å². The lowest BCUT2D eigenvalue weighted by Crippen LogP contribution is -2.60. The molecule has 0 spiro atoms.